The molecule has 1 heterocycles. The molecule has 1 nitrogen and oxygen atoms in total. The monoisotopic (exact) mass is 110 g/mol. The van der Waals surface area contributed by atoms with Crippen LogP contribution in [0.4, 0.5) is 0 Å². The predicted molar refractivity (Wildman–Crippen MR) is 32.8 cm³/mol. The lowest BCUT2D eigenvalue weighted by molar-refractivity contribution is 0.349. The van der Waals surface area contributed by atoms with E-state index in [1.807, 2.05) is 0 Å². The topological polar surface area (TPSA) is 14.1 Å². The molecular formula is C7H12N. The number of hydrogen-bond acceptors (Lipinski definition) is 0. The van der Waals surface area contributed by atoms with Crippen molar-refractivity contribution in [1.29, 1.82) is 0 Å². The molecule has 0 atom stereocenters. The maximum atomic E-state index is 4.31. The molecule has 0 N–H and O–H groups in total. The SMILES string of the molecule is C1CC2(CC[N]1)CC2. The fraction of sp³-hybridized carbons (Fsp3) is 1.00. The summed E-state index contributed by atoms with van der Waals surface area (Å²) in [5, 5.41) is 4.31. The van der Waals surface area contributed by atoms with Crippen molar-refractivity contribution in [1.82, 2.24) is 5.32 Å². The molecule has 2 fully saturated rings. The molecule has 2 aliphatic rings. The van der Waals surface area contributed by atoms with E-state index in [0.29, 0.717) is 0 Å². The van der Waals surface area contributed by atoms with Crippen molar-refractivity contribution in [3.05, 3.63) is 0 Å². The van der Waals surface area contributed by atoms with Gasteiger partial charge < -0.3 is 0 Å². The first kappa shape index (κ1) is 4.80. The van der Waals surface area contributed by atoms with Gasteiger partial charge >= 0.3 is 0 Å². The second kappa shape index (κ2) is 1.47. The van der Waals surface area contributed by atoms with Gasteiger partial charge in [0.05, 0.1) is 0 Å². The summed E-state index contributed by atoms with van der Waals surface area (Å²) in [6, 6.07) is 0. The molecule has 45 valence electrons. The van der Waals surface area contributed by atoms with E-state index in [2.05, 4.69) is 5.32 Å². The Morgan fingerprint density at radius 2 is 1.50 bits per heavy atom. The van der Waals surface area contributed by atoms with Crippen molar-refractivity contribution in [2.45, 2.75) is 25.7 Å². The minimum absolute atomic E-state index is 0.835. The average molecular weight is 110 g/mol. The van der Waals surface area contributed by atoms with E-state index in [9.17, 15) is 0 Å². The highest BCUT2D eigenvalue weighted by Gasteiger charge is 2.42. The molecule has 0 aromatic heterocycles. The molecule has 2 rings (SSSR count). The van der Waals surface area contributed by atoms with Crippen molar-refractivity contribution < 1.29 is 0 Å². The maximum Gasteiger partial charge on any atom is 0.0138 e. The van der Waals surface area contributed by atoms with Crippen molar-refractivity contribution >= 4 is 0 Å². The Morgan fingerprint density at radius 3 is 1.88 bits per heavy atom. The average Bonchev–Trinajstić information content (AvgIpc) is 2.52. The molecule has 0 unspecified atom stereocenters. The van der Waals surface area contributed by atoms with Gasteiger partial charge in [-0.1, -0.05) is 0 Å². The zero-order valence-corrected chi connectivity index (χ0v) is 5.19. The zero-order chi connectivity index (χ0) is 5.45. The molecule has 1 saturated carbocycles. The molecule has 1 radical (unpaired) electrons. The number of rotatable bonds is 0. The van der Waals surface area contributed by atoms with Crippen LogP contribution < -0.4 is 5.32 Å². The second-order valence-corrected chi connectivity index (χ2v) is 3.17. The Hall–Kier alpha value is -0.0400. The summed E-state index contributed by atoms with van der Waals surface area (Å²) < 4.78 is 0. The standard InChI is InChI=1S/C7H12N/c1-2-7(1)3-5-8-6-4-7/h1-6H2. The van der Waals surface area contributed by atoms with Gasteiger partial charge in [0.15, 0.2) is 0 Å². The Kier molecular flexibility index (Phi) is 0.884. The third-order valence-electron chi connectivity index (χ3n) is 2.56. The van der Waals surface area contributed by atoms with Crippen molar-refractivity contribution in [3.8, 4) is 0 Å². The third-order valence-corrected chi connectivity index (χ3v) is 2.56. The first-order valence-electron chi connectivity index (χ1n) is 3.55. The Labute approximate surface area is 50.5 Å². The molecule has 1 saturated heterocycles. The lowest BCUT2D eigenvalue weighted by Gasteiger charge is -2.19. The maximum absolute atomic E-state index is 4.31. The summed E-state index contributed by atoms with van der Waals surface area (Å²) in [6.45, 7) is 2.31. The summed E-state index contributed by atoms with van der Waals surface area (Å²) in [6.07, 6.45) is 5.80. The van der Waals surface area contributed by atoms with Crippen LogP contribution in [0.5, 0.6) is 0 Å². The van der Waals surface area contributed by atoms with Gasteiger partial charge in [0.25, 0.3) is 0 Å². The Morgan fingerprint density at radius 1 is 0.875 bits per heavy atom. The van der Waals surface area contributed by atoms with Crippen LogP contribution in [-0.4, -0.2) is 13.1 Å². The quantitative estimate of drug-likeness (QED) is 0.444. The van der Waals surface area contributed by atoms with Gasteiger partial charge in [-0.15, -0.1) is 0 Å². The summed E-state index contributed by atoms with van der Waals surface area (Å²) in [7, 11) is 0. The normalized spacial score (nSPS) is 33.0. The first-order chi connectivity index (χ1) is 3.91. The molecule has 1 spiro atoms. The molecule has 1 aliphatic carbocycles. The molecule has 0 aromatic carbocycles. The van der Waals surface area contributed by atoms with Gasteiger partial charge in [-0.3, -0.25) is 0 Å². The van der Waals surface area contributed by atoms with E-state index in [1.165, 1.54) is 25.7 Å². The van der Waals surface area contributed by atoms with Gasteiger partial charge in [-0.05, 0) is 31.1 Å². The first-order valence-corrected chi connectivity index (χ1v) is 3.55. The third kappa shape index (κ3) is 0.655. The molecule has 8 heavy (non-hydrogen) atoms. The second-order valence-electron chi connectivity index (χ2n) is 3.17. The fourth-order valence-corrected chi connectivity index (χ4v) is 1.55. The molecule has 0 aromatic rings. The lowest BCUT2D eigenvalue weighted by Crippen LogP contribution is -2.22. The Bertz CT molecular complexity index is 86.6. The van der Waals surface area contributed by atoms with Crippen LogP contribution in [0, 0.1) is 5.41 Å². The number of nitrogens with zero attached hydrogens (tertiary/aromatic N) is 1. The van der Waals surface area contributed by atoms with Crippen LogP contribution in [0.3, 0.4) is 0 Å². The van der Waals surface area contributed by atoms with Crippen LogP contribution in [0.1, 0.15) is 25.7 Å². The van der Waals surface area contributed by atoms with Crippen LogP contribution in [0.15, 0.2) is 0 Å². The van der Waals surface area contributed by atoms with Crippen molar-refractivity contribution in [2.75, 3.05) is 13.1 Å². The zero-order valence-electron chi connectivity index (χ0n) is 5.19. The highest BCUT2D eigenvalue weighted by atomic mass is 14.9. The van der Waals surface area contributed by atoms with Crippen LogP contribution in [0.2, 0.25) is 0 Å². The number of piperidine rings is 1. The van der Waals surface area contributed by atoms with E-state index < -0.39 is 0 Å². The highest BCUT2D eigenvalue weighted by Crippen LogP contribution is 2.52. The van der Waals surface area contributed by atoms with Gasteiger partial charge in [0.2, 0.25) is 0 Å². The van der Waals surface area contributed by atoms with Gasteiger partial charge in [-0.2, -0.15) is 0 Å². The van der Waals surface area contributed by atoms with Gasteiger partial charge in [0, 0.05) is 13.1 Å². The van der Waals surface area contributed by atoms with Crippen LogP contribution in [-0.2, 0) is 0 Å². The summed E-state index contributed by atoms with van der Waals surface area (Å²) in [5.74, 6) is 0. The van der Waals surface area contributed by atoms with Crippen molar-refractivity contribution in [3.63, 3.8) is 0 Å². The van der Waals surface area contributed by atoms with E-state index >= 15 is 0 Å². The van der Waals surface area contributed by atoms with Crippen LogP contribution >= 0.6 is 0 Å². The molecular weight excluding hydrogens is 98.1 g/mol. The smallest absolute Gasteiger partial charge is 0.0138 e. The molecule has 1 aliphatic heterocycles. The minimum Gasteiger partial charge on any atom is -0.242 e. The molecule has 1 heteroatoms. The number of hydrogen-bond donors (Lipinski definition) is 0. The van der Waals surface area contributed by atoms with Crippen LogP contribution in [0.25, 0.3) is 0 Å². The summed E-state index contributed by atoms with van der Waals surface area (Å²) >= 11 is 0. The van der Waals surface area contributed by atoms with Gasteiger partial charge in [0.1, 0.15) is 0 Å². The summed E-state index contributed by atoms with van der Waals surface area (Å²) in [5.41, 5.74) is 0.835. The van der Waals surface area contributed by atoms with E-state index in [4.69, 9.17) is 0 Å². The van der Waals surface area contributed by atoms with E-state index in [0.717, 1.165) is 18.5 Å². The van der Waals surface area contributed by atoms with E-state index in [1.54, 1.807) is 0 Å². The largest absolute Gasteiger partial charge is 0.242 e. The minimum atomic E-state index is 0.835. The van der Waals surface area contributed by atoms with Crippen molar-refractivity contribution in [2.24, 2.45) is 5.41 Å². The van der Waals surface area contributed by atoms with E-state index in [-0.39, 0.29) is 0 Å². The predicted octanol–water partition coefficient (Wildman–Crippen LogP) is 1.16. The Balaban J connectivity index is 1.95. The molecule has 0 bridgehead atoms. The summed E-state index contributed by atoms with van der Waals surface area (Å²) in [4.78, 5) is 0. The fourth-order valence-electron chi connectivity index (χ4n) is 1.55. The molecule has 0 amide bonds. The lowest BCUT2D eigenvalue weighted by atomic mass is 9.95. The van der Waals surface area contributed by atoms with Gasteiger partial charge in [-0.25, -0.2) is 5.32 Å². The highest BCUT2D eigenvalue weighted by molar-refractivity contribution is 4.95.